The van der Waals surface area contributed by atoms with Crippen molar-refractivity contribution < 1.29 is 5.11 Å². The van der Waals surface area contributed by atoms with Crippen LogP contribution in [-0.2, 0) is 0 Å². The lowest BCUT2D eigenvalue weighted by atomic mass is 10.0. The number of nitrogens with zero attached hydrogens (tertiary/aromatic N) is 1. The van der Waals surface area contributed by atoms with Crippen LogP contribution in [0.3, 0.4) is 0 Å². The average Bonchev–Trinajstić information content (AvgIpc) is 2.60. The first-order valence-electron chi connectivity index (χ1n) is 6.43. The Morgan fingerprint density at radius 3 is 2.94 bits per heavy atom. The number of benzene rings is 1. The van der Waals surface area contributed by atoms with Crippen molar-refractivity contribution in [3.05, 3.63) is 29.3 Å². The van der Waals surface area contributed by atoms with Gasteiger partial charge >= 0.3 is 0 Å². The highest BCUT2D eigenvalue weighted by molar-refractivity contribution is 5.37. The van der Waals surface area contributed by atoms with Gasteiger partial charge in [-0.3, -0.25) is 4.90 Å². The third-order valence-electron chi connectivity index (χ3n) is 3.56. The third kappa shape index (κ3) is 2.99. The quantitative estimate of drug-likeness (QED) is 0.822. The second-order valence-corrected chi connectivity index (χ2v) is 4.88. The molecule has 1 unspecified atom stereocenters. The molecule has 1 aromatic carbocycles. The van der Waals surface area contributed by atoms with Gasteiger partial charge in [0.15, 0.2) is 0 Å². The summed E-state index contributed by atoms with van der Waals surface area (Å²) in [5.74, 6) is 0.417. The zero-order valence-electron chi connectivity index (χ0n) is 10.7. The molecule has 1 saturated heterocycles. The molecular weight excluding hydrogens is 212 g/mol. The smallest absolute Gasteiger partial charge is 0.120 e. The Morgan fingerprint density at radius 2 is 2.12 bits per heavy atom. The highest BCUT2D eigenvalue weighted by atomic mass is 16.3. The summed E-state index contributed by atoms with van der Waals surface area (Å²) in [5, 5.41) is 13.4. The average molecular weight is 234 g/mol. The first-order chi connectivity index (χ1) is 8.18. The molecule has 0 spiro atoms. The summed E-state index contributed by atoms with van der Waals surface area (Å²) in [6.07, 6.45) is 1.18. The van der Waals surface area contributed by atoms with Gasteiger partial charge in [-0.25, -0.2) is 0 Å². The van der Waals surface area contributed by atoms with Gasteiger partial charge in [0.05, 0.1) is 0 Å². The molecule has 3 nitrogen and oxygen atoms in total. The molecule has 0 saturated carbocycles. The Balaban J connectivity index is 2.16. The van der Waals surface area contributed by atoms with Crippen molar-refractivity contribution in [3.8, 4) is 5.75 Å². The molecule has 1 heterocycles. The zero-order chi connectivity index (χ0) is 12.3. The van der Waals surface area contributed by atoms with E-state index in [9.17, 15) is 5.11 Å². The van der Waals surface area contributed by atoms with Crippen LogP contribution in [0, 0.1) is 6.92 Å². The number of aromatic hydroxyl groups is 1. The Hall–Kier alpha value is -1.06. The Morgan fingerprint density at radius 1 is 1.29 bits per heavy atom. The molecule has 2 N–H and O–H groups in total. The van der Waals surface area contributed by atoms with E-state index in [2.05, 4.69) is 30.1 Å². The first-order valence-corrected chi connectivity index (χ1v) is 6.43. The molecule has 0 radical (unpaired) electrons. The van der Waals surface area contributed by atoms with Crippen LogP contribution < -0.4 is 5.32 Å². The van der Waals surface area contributed by atoms with Gasteiger partial charge in [0.1, 0.15) is 5.75 Å². The molecule has 1 aliphatic rings. The van der Waals surface area contributed by atoms with Crippen LogP contribution in [0.1, 0.15) is 30.5 Å². The monoisotopic (exact) mass is 234 g/mol. The van der Waals surface area contributed by atoms with Crippen LogP contribution >= 0.6 is 0 Å². The van der Waals surface area contributed by atoms with Crippen LogP contribution in [0.25, 0.3) is 0 Å². The Labute approximate surface area is 103 Å². The summed E-state index contributed by atoms with van der Waals surface area (Å²) in [6.45, 7) is 8.54. The van der Waals surface area contributed by atoms with Crippen molar-refractivity contribution in [2.24, 2.45) is 0 Å². The van der Waals surface area contributed by atoms with Crippen LogP contribution in [0.15, 0.2) is 18.2 Å². The van der Waals surface area contributed by atoms with Crippen molar-refractivity contribution in [2.75, 3.05) is 26.2 Å². The summed E-state index contributed by atoms with van der Waals surface area (Å²) >= 11 is 0. The van der Waals surface area contributed by atoms with E-state index in [0.29, 0.717) is 5.75 Å². The van der Waals surface area contributed by atoms with Crippen molar-refractivity contribution in [3.63, 3.8) is 0 Å². The maximum absolute atomic E-state index is 9.96. The number of rotatable bonds is 2. The molecule has 1 aromatic rings. The van der Waals surface area contributed by atoms with E-state index in [1.54, 1.807) is 6.07 Å². The van der Waals surface area contributed by atoms with Crippen molar-refractivity contribution in [1.29, 1.82) is 0 Å². The minimum Gasteiger partial charge on any atom is -0.508 e. The summed E-state index contributed by atoms with van der Waals surface area (Å²) in [7, 11) is 0. The van der Waals surface area contributed by atoms with Gasteiger partial charge in [0.2, 0.25) is 0 Å². The van der Waals surface area contributed by atoms with Crippen molar-refractivity contribution in [2.45, 2.75) is 26.3 Å². The van der Waals surface area contributed by atoms with E-state index in [1.165, 1.54) is 12.0 Å². The SMILES string of the molecule is Cc1ccc(O)c(C(C)N2CCCNCC2)c1. The zero-order valence-corrected chi connectivity index (χ0v) is 10.7. The van der Waals surface area contributed by atoms with Gasteiger partial charge in [-0.15, -0.1) is 0 Å². The predicted molar refractivity (Wildman–Crippen MR) is 70.3 cm³/mol. The van der Waals surface area contributed by atoms with Gasteiger partial charge in [-0.05, 0) is 39.4 Å². The summed E-state index contributed by atoms with van der Waals surface area (Å²) in [5.41, 5.74) is 2.25. The van der Waals surface area contributed by atoms with Gasteiger partial charge < -0.3 is 10.4 Å². The van der Waals surface area contributed by atoms with E-state index >= 15 is 0 Å². The molecule has 0 aliphatic carbocycles. The van der Waals surface area contributed by atoms with Gasteiger partial charge in [0, 0.05) is 24.7 Å². The minimum atomic E-state index is 0.287. The molecule has 1 atom stereocenters. The topological polar surface area (TPSA) is 35.5 Å². The van der Waals surface area contributed by atoms with E-state index < -0.39 is 0 Å². The molecule has 94 valence electrons. The van der Waals surface area contributed by atoms with Crippen molar-refractivity contribution >= 4 is 0 Å². The molecule has 0 bridgehead atoms. The highest BCUT2D eigenvalue weighted by Crippen LogP contribution is 2.29. The lowest BCUT2D eigenvalue weighted by Gasteiger charge is -2.28. The lowest BCUT2D eigenvalue weighted by Crippen LogP contribution is -2.30. The fourth-order valence-corrected chi connectivity index (χ4v) is 2.46. The van der Waals surface area contributed by atoms with E-state index in [0.717, 1.165) is 31.7 Å². The maximum atomic E-state index is 9.96. The van der Waals surface area contributed by atoms with Crippen LogP contribution in [0.4, 0.5) is 0 Å². The molecule has 3 heteroatoms. The summed E-state index contributed by atoms with van der Waals surface area (Å²) in [6, 6.07) is 6.14. The fourth-order valence-electron chi connectivity index (χ4n) is 2.46. The Kier molecular flexibility index (Phi) is 4.02. The standard InChI is InChI=1S/C14H22N2O/c1-11-4-5-14(17)13(10-11)12(2)16-8-3-6-15-7-9-16/h4-5,10,12,15,17H,3,6-9H2,1-2H3. The van der Waals surface area contributed by atoms with Gasteiger partial charge in [-0.1, -0.05) is 17.7 Å². The molecule has 0 amide bonds. The van der Waals surface area contributed by atoms with E-state index in [4.69, 9.17) is 0 Å². The molecule has 17 heavy (non-hydrogen) atoms. The van der Waals surface area contributed by atoms with Gasteiger partial charge in [-0.2, -0.15) is 0 Å². The molecule has 1 fully saturated rings. The molecule has 1 aliphatic heterocycles. The minimum absolute atomic E-state index is 0.287. The molecule has 0 aromatic heterocycles. The summed E-state index contributed by atoms with van der Waals surface area (Å²) in [4.78, 5) is 2.44. The number of phenols is 1. The second-order valence-electron chi connectivity index (χ2n) is 4.88. The van der Waals surface area contributed by atoms with Crippen LogP contribution in [-0.4, -0.2) is 36.2 Å². The molecule has 2 rings (SSSR count). The second kappa shape index (κ2) is 5.52. The number of hydrogen-bond donors (Lipinski definition) is 2. The largest absolute Gasteiger partial charge is 0.508 e. The maximum Gasteiger partial charge on any atom is 0.120 e. The number of hydrogen-bond acceptors (Lipinski definition) is 3. The first kappa shape index (κ1) is 12.4. The predicted octanol–water partition coefficient (Wildman–Crippen LogP) is 2.06. The van der Waals surface area contributed by atoms with E-state index in [-0.39, 0.29) is 6.04 Å². The van der Waals surface area contributed by atoms with Gasteiger partial charge in [0.25, 0.3) is 0 Å². The molecular formula is C14H22N2O. The highest BCUT2D eigenvalue weighted by Gasteiger charge is 2.19. The normalized spacial score (nSPS) is 19.9. The number of aryl methyl sites for hydroxylation is 1. The number of phenolic OH excluding ortho intramolecular Hbond substituents is 1. The van der Waals surface area contributed by atoms with Crippen LogP contribution in [0.5, 0.6) is 5.75 Å². The van der Waals surface area contributed by atoms with E-state index in [1.807, 2.05) is 6.07 Å². The summed E-state index contributed by atoms with van der Waals surface area (Å²) < 4.78 is 0. The fraction of sp³-hybridized carbons (Fsp3) is 0.571. The lowest BCUT2D eigenvalue weighted by molar-refractivity contribution is 0.221. The van der Waals surface area contributed by atoms with Crippen molar-refractivity contribution in [1.82, 2.24) is 10.2 Å². The third-order valence-corrected chi connectivity index (χ3v) is 3.56. The Bertz CT molecular complexity index is 370. The number of nitrogens with one attached hydrogen (secondary N) is 1. The van der Waals surface area contributed by atoms with Crippen LogP contribution in [0.2, 0.25) is 0 Å².